The van der Waals surface area contributed by atoms with E-state index in [1.807, 2.05) is 18.7 Å². The number of amides is 1. The maximum absolute atomic E-state index is 14.5. The second-order valence-corrected chi connectivity index (χ2v) is 7.58. The van der Waals surface area contributed by atoms with Crippen molar-refractivity contribution in [2.75, 3.05) is 13.1 Å². The Morgan fingerprint density at radius 2 is 1.68 bits per heavy atom. The van der Waals surface area contributed by atoms with Gasteiger partial charge in [-0.15, -0.1) is 0 Å². The summed E-state index contributed by atoms with van der Waals surface area (Å²) in [4.78, 5) is 13.9. The minimum Gasteiger partial charge on any atom is -0.342 e. The lowest BCUT2D eigenvalue weighted by Crippen LogP contribution is -2.55. The van der Waals surface area contributed by atoms with Crippen molar-refractivity contribution in [3.05, 3.63) is 0 Å². The number of hydrogen-bond donors (Lipinski definition) is 0. The molecule has 2 aliphatic rings. The number of halogens is 1. The van der Waals surface area contributed by atoms with Crippen molar-refractivity contribution >= 4 is 5.91 Å². The van der Waals surface area contributed by atoms with Crippen LogP contribution in [0.4, 0.5) is 4.39 Å². The van der Waals surface area contributed by atoms with E-state index in [0.717, 1.165) is 38.8 Å². The third kappa shape index (κ3) is 3.11. The Morgan fingerprint density at radius 1 is 1.16 bits per heavy atom. The normalized spacial score (nSPS) is 24.9. The van der Waals surface area contributed by atoms with Gasteiger partial charge < -0.3 is 4.90 Å². The molecule has 2 rings (SSSR count). The Morgan fingerprint density at radius 3 is 2.11 bits per heavy atom. The molecule has 1 heterocycles. The van der Waals surface area contributed by atoms with Gasteiger partial charge in [-0.2, -0.15) is 0 Å². The summed E-state index contributed by atoms with van der Waals surface area (Å²) in [7, 11) is 0. The van der Waals surface area contributed by atoms with Gasteiger partial charge in [0.25, 0.3) is 0 Å². The van der Waals surface area contributed by atoms with Gasteiger partial charge in [0, 0.05) is 19.0 Å². The minimum absolute atomic E-state index is 0.0802. The molecule has 0 aromatic heterocycles. The molecular formula is C16H28FNO. The van der Waals surface area contributed by atoms with Crippen LogP contribution in [0.1, 0.15) is 59.8 Å². The number of likely N-dealkylation sites (tertiary alicyclic amines) is 1. The van der Waals surface area contributed by atoms with Crippen molar-refractivity contribution in [3.63, 3.8) is 0 Å². The Balaban J connectivity index is 1.84. The molecule has 1 aliphatic carbocycles. The highest BCUT2D eigenvalue weighted by atomic mass is 19.1. The van der Waals surface area contributed by atoms with Gasteiger partial charge in [0.2, 0.25) is 5.91 Å². The fourth-order valence-electron chi connectivity index (χ4n) is 4.09. The highest BCUT2D eigenvalue weighted by Crippen LogP contribution is 2.58. The van der Waals surface area contributed by atoms with Crippen LogP contribution in [0.3, 0.4) is 0 Å². The summed E-state index contributed by atoms with van der Waals surface area (Å²) in [6.07, 6.45) is 4.14. The highest BCUT2D eigenvalue weighted by molar-refractivity contribution is 5.78. The van der Waals surface area contributed by atoms with Crippen LogP contribution in [0.2, 0.25) is 0 Å². The van der Waals surface area contributed by atoms with Crippen LogP contribution >= 0.6 is 0 Å². The Bertz CT molecular complexity index is 335. The molecule has 1 saturated carbocycles. The first kappa shape index (κ1) is 14.8. The van der Waals surface area contributed by atoms with E-state index in [1.165, 1.54) is 0 Å². The minimum atomic E-state index is -0.918. The molecule has 1 aliphatic heterocycles. The summed E-state index contributed by atoms with van der Waals surface area (Å²) in [5, 5.41) is 0. The van der Waals surface area contributed by atoms with Crippen LogP contribution < -0.4 is 0 Å². The third-order valence-electron chi connectivity index (χ3n) is 4.79. The lowest BCUT2D eigenvalue weighted by molar-refractivity contribution is -0.144. The zero-order chi connectivity index (χ0) is 14.3. The molecule has 0 aromatic rings. The Hall–Kier alpha value is -0.600. The molecule has 19 heavy (non-hydrogen) atoms. The third-order valence-corrected chi connectivity index (χ3v) is 4.79. The zero-order valence-corrected chi connectivity index (χ0v) is 12.8. The first-order chi connectivity index (χ1) is 8.75. The van der Waals surface area contributed by atoms with Crippen LogP contribution in [-0.2, 0) is 4.79 Å². The number of carbonyl (C=O) groups excluding carboxylic acids is 1. The van der Waals surface area contributed by atoms with Gasteiger partial charge in [0.15, 0.2) is 0 Å². The summed E-state index contributed by atoms with van der Waals surface area (Å²) in [5.41, 5.74) is -0.713. The SMILES string of the molecule is CC(C)CC1(F)CC2(CCN(C(=O)C(C)C)CC2)C1. The molecule has 2 fully saturated rings. The molecule has 1 spiro atoms. The number of nitrogens with zero attached hydrogens (tertiary/aromatic N) is 1. The van der Waals surface area contributed by atoms with Crippen molar-refractivity contribution < 1.29 is 9.18 Å². The molecule has 0 atom stereocenters. The molecule has 2 nitrogen and oxygen atoms in total. The number of carbonyl (C=O) groups is 1. The standard InChI is InChI=1S/C16H28FNO/c1-12(2)9-16(17)10-15(11-16)5-7-18(8-6-15)14(19)13(3)4/h12-13H,5-11H2,1-4H3. The Kier molecular flexibility index (Phi) is 3.95. The number of hydrogen-bond acceptors (Lipinski definition) is 1. The molecule has 110 valence electrons. The number of rotatable bonds is 3. The summed E-state index contributed by atoms with van der Waals surface area (Å²) in [6, 6.07) is 0. The molecular weight excluding hydrogens is 241 g/mol. The number of piperidine rings is 1. The van der Waals surface area contributed by atoms with Crippen LogP contribution in [-0.4, -0.2) is 29.6 Å². The predicted molar refractivity (Wildman–Crippen MR) is 75.6 cm³/mol. The van der Waals surface area contributed by atoms with Gasteiger partial charge in [-0.25, -0.2) is 4.39 Å². The van der Waals surface area contributed by atoms with Crippen LogP contribution in [0.5, 0.6) is 0 Å². The van der Waals surface area contributed by atoms with E-state index in [9.17, 15) is 9.18 Å². The topological polar surface area (TPSA) is 20.3 Å². The molecule has 1 amide bonds. The summed E-state index contributed by atoms with van der Waals surface area (Å²) in [6.45, 7) is 9.74. The summed E-state index contributed by atoms with van der Waals surface area (Å²) < 4.78 is 14.5. The first-order valence-corrected chi connectivity index (χ1v) is 7.73. The molecule has 0 N–H and O–H groups in total. The average molecular weight is 269 g/mol. The average Bonchev–Trinajstić information content (AvgIpc) is 2.25. The molecule has 0 radical (unpaired) electrons. The van der Waals surface area contributed by atoms with E-state index < -0.39 is 5.67 Å². The second-order valence-electron chi connectivity index (χ2n) is 7.58. The second kappa shape index (κ2) is 5.06. The van der Waals surface area contributed by atoms with Gasteiger partial charge in [-0.3, -0.25) is 4.79 Å². The highest BCUT2D eigenvalue weighted by Gasteiger charge is 2.55. The van der Waals surface area contributed by atoms with Crippen molar-refractivity contribution in [1.29, 1.82) is 0 Å². The van der Waals surface area contributed by atoms with Gasteiger partial charge >= 0.3 is 0 Å². The monoisotopic (exact) mass is 269 g/mol. The molecule has 0 unspecified atom stereocenters. The summed E-state index contributed by atoms with van der Waals surface area (Å²) >= 11 is 0. The predicted octanol–water partition coefficient (Wildman–Crippen LogP) is 3.80. The van der Waals surface area contributed by atoms with Gasteiger partial charge in [-0.05, 0) is 43.4 Å². The van der Waals surface area contributed by atoms with E-state index in [1.54, 1.807) is 0 Å². The van der Waals surface area contributed by atoms with Crippen molar-refractivity contribution in [2.24, 2.45) is 17.3 Å². The van der Waals surface area contributed by atoms with Gasteiger partial charge in [-0.1, -0.05) is 27.7 Å². The van der Waals surface area contributed by atoms with E-state index in [0.29, 0.717) is 12.3 Å². The van der Waals surface area contributed by atoms with Crippen molar-refractivity contribution in [2.45, 2.75) is 65.5 Å². The lowest BCUT2D eigenvalue weighted by Gasteiger charge is -2.56. The number of alkyl halides is 1. The van der Waals surface area contributed by atoms with E-state index in [4.69, 9.17) is 0 Å². The van der Waals surface area contributed by atoms with Gasteiger partial charge in [0.1, 0.15) is 5.67 Å². The van der Waals surface area contributed by atoms with Crippen LogP contribution in [0.15, 0.2) is 0 Å². The molecule has 1 saturated heterocycles. The quantitative estimate of drug-likeness (QED) is 0.763. The van der Waals surface area contributed by atoms with Crippen LogP contribution in [0, 0.1) is 17.3 Å². The van der Waals surface area contributed by atoms with Crippen molar-refractivity contribution in [1.82, 2.24) is 4.90 Å². The van der Waals surface area contributed by atoms with Crippen molar-refractivity contribution in [3.8, 4) is 0 Å². The maximum Gasteiger partial charge on any atom is 0.225 e. The van der Waals surface area contributed by atoms with Crippen LogP contribution in [0.25, 0.3) is 0 Å². The Labute approximate surface area is 116 Å². The first-order valence-electron chi connectivity index (χ1n) is 7.73. The zero-order valence-electron chi connectivity index (χ0n) is 12.8. The van der Waals surface area contributed by atoms with E-state index >= 15 is 0 Å². The maximum atomic E-state index is 14.5. The summed E-state index contributed by atoms with van der Waals surface area (Å²) in [5.74, 6) is 0.768. The smallest absolute Gasteiger partial charge is 0.225 e. The van der Waals surface area contributed by atoms with E-state index in [2.05, 4.69) is 13.8 Å². The van der Waals surface area contributed by atoms with E-state index in [-0.39, 0.29) is 17.2 Å². The largest absolute Gasteiger partial charge is 0.342 e. The molecule has 3 heteroatoms. The fourth-order valence-corrected chi connectivity index (χ4v) is 4.09. The molecule has 0 bridgehead atoms. The van der Waals surface area contributed by atoms with Gasteiger partial charge in [0.05, 0.1) is 0 Å². The molecule has 0 aromatic carbocycles. The fraction of sp³-hybridized carbons (Fsp3) is 0.938. The lowest BCUT2D eigenvalue weighted by atomic mass is 9.54.